The molecule has 0 aromatic carbocycles. The van der Waals surface area contributed by atoms with Gasteiger partial charge in [-0.3, -0.25) is 0 Å². The smallest absolute Gasteiger partial charge is 0.132 e. The van der Waals surface area contributed by atoms with Gasteiger partial charge >= 0.3 is 0 Å². The Kier molecular flexibility index (Phi) is 3.69. The fourth-order valence-corrected chi connectivity index (χ4v) is 1.75. The molecule has 0 unspecified atom stereocenters. The van der Waals surface area contributed by atoms with Crippen LogP contribution in [0.25, 0.3) is 0 Å². The van der Waals surface area contributed by atoms with Gasteiger partial charge in [0.2, 0.25) is 0 Å². The van der Waals surface area contributed by atoms with E-state index in [1.807, 2.05) is 11.0 Å². The van der Waals surface area contributed by atoms with Crippen molar-refractivity contribution >= 4 is 5.82 Å². The van der Waals surface area contributed by atoms with Crippen molar-refractivity contribution in [3.05, 3.63) is 18.1 Å². The van der Waals surface area contributed by atoms with Crippen LogP contribution in [-0.2, 0) is 11.2 Å². The number of nitrogens with zero attached hydrogens (tertiary/aromatic N) is 3. The maximum atomic E-state index is 9.64. The molecule has 5 nitrogen and oxygen atoms in total. The van der Waals surface area contributed by atoms with Crippen molar-refractivity contribution in [1.29, 1.82) is 0 Å². The number of rotatable bonds is 2. The third-order valence-electron chi connectivity index (χ3n) is 2.64. The van der Waals surface area contributed by atoms with Crippen LogP contribution in [0.3, 0.4) is 0 Å². The third kappa shape index (κ3) is 2.68. The van der Waals surface area contributed by atoms with Crippen LogP contribution >= 0.6 is 0 Å². The number of aliphatic hydroxyl groups is 1. The monoisotopic (exact) mass is 223 g/mol. The van der Waals surface area contributed by atoms with Gasteiger partial charge in [0.05, 0.1) is 19.3 Å². The number of hydrogen-bond acceptors (Lipinski definition) is 5. The highest BCUT2D eigenvalue weighted by atomic mass is 16.5. The molecule has 0 aliphatic carbocycles. The first-order chi connectivity index (χ1) is 7.79. The van der Waals surface area contributed by atoms with Crippen LogP contribution in [0.2, 0.25) is 0 Å². The summed E-state index contributed by atoms with van der Waals surface area (Å²) in [6.45, 7) is 4.43. The molecule has 1 fully saturated rings. The van der Waals surface area contributed by atoms with Gasteiger partial charge in [-0.1, -0.05) is 6.92 Å². The lowest BCUT2D eigenvalue weighted by Gasteiger charge is -2.22. The molecule has 1 atom stereocenters. The number of aryl methyl sites for hydroxylation is 1. The molecule has 1 N–H and O–H groups in total. The number of β-amino-alcohol motifs (C(OH)–C–C–N with tert-alkyl or cyclic N) is 1. The Labute approximate surface area is 95.1 Å². The summed E-state index contributed by atoms with van der Waals surface area (Å²) in [6, 6.07) is 1.97. The molecule has 1 aliphatic rings. The molecule has 2 heterocycles. The number of ether oxygens (including phenoxy) is 1. The molecule has 0 spiro atoms. The Bertz CT molecular complexity index is 346. The van der Waals surface area contributed by atoms with E-state index in [0.717, 1.165) is 24.5 Å². The van der Waals surface area contributed by atoms with Crippen molar-refractivity contribution in [2.24, 2.45) is 0 Å². The Hall–Kier alpha value is -1.20. The standard InChI is InChI=1S/C11H17N3O2/c1-2-9-5-11(13-8-12-9)14-3-4-16-7-10(15)6-14/h5,8,10,15H,2-4,6-7H2,1H3/t10-/m0/s1. The van der Waals surface area contributed by atoms with Gasteiger partial charge in [0, 0.05) is 24.8 Å². The molecule has 0 bridgehead atoms. The Morgan fingerprint density at radius 3 is 3.25 bits per heavy atom. The van der Waals surface area contributed by atoms with Crippen LogP contribution < -0.4 is 4.90 Å². The largest absolute Gasteiger partial charge is 0.389 e. The average molecular weight is 223 g/mol. The summed E-state index contributed by atoms with van der Waals surface area (Å²) in [6.07, 6.45) is 2.02. The van der Waals surface area contributed by atoms with Gasteiger partial charge in [-0.25, -0.2) is 9.97 Å². The molecule has 1 aromatic heterocycles. The molecule has 88 valence electrons. The summed E-state index contributed by atoms with van der Waals surface area (Å²) in [5.41, 5.74) is 1.02. The Balaban J connectivity index is 2.14. The maximum absolute atomic E-state index is 9.64. The molecule has 1 aromatic rings. The fraction of sp³-hybridized carbons (Fsp3) is 0.636. The molecule has 0 radical (unpaired) electrons. The van der Waals surface area contributed by atoms with Gasteiger partial charge in [0.1, 0.15) is 12.1 Å². The SMILES string of the molecule is CCc1cc(N2CCOC[C@@H](O)C2)ncn1. The van der Waals surface area contributed by atoms with Gasteiger partial charge in [0.25, 0.3) is 0 Å². The van der Waals surface area contributed by atoms with E-state index in [4.69, 9.17) is 4.74 Å². The topological polar surface area (TPSA) is 58.5 Å². The van der Waals surface area contributed by atoms with E-state index < -0.39 is 6.10 Å². The van der Waals surface area contributed by atoms with Crippen molar-refractivity contribution in [2.75, 3.05) is 31.2 Å². The fourth-order valence-electron chi connectivity index (χ4n) is 1.75. The highest BCUT2D eigenvalue weighted by Crippen LogP contribution is 2.13. The van der Waals surface area contributed by atoms with Crippen LogP contribution in [-0.4, -0.2) is 47.5 Å². The van der Waals surface area contributed by atoms with Crippen molar-refractivity contribution < 1.29 is 9.84 Å². The highest BCUT2D eigenvalue weighted by molar-refractivity contribution is 5.39. The molecule has 1 saturated heterocycles. The molecular weight excluding hydrogens is 206 g/mol. The van der Waals surface area contributed by atoms with E-state index in [0.29, 0.717) is 19.8 Å². The van der Waals surface area contributed by atoms with Crippen LogP contribution in [0.5, 0.6) is 0 Å². The lowest BCUT2D eigenvalue weighted by Crippen LogP contribution is -2.33. The van der Waals surface area contributed by atoms with Crippen LogP contribution in [0.1, 0.15) is 12.6 Å². The molecule has 5 heteroatoms. The van der Waals surface area contributed by atoms with Crippen molar-refractivity contribution in [3.63, 3.8) is 0 Å². The number of anilines is 1. The number of aromatic nitrogens is 2. The van der Waals surface area contributed by atoms with Gasteiger partial charge < -0.3 is 14.7 Å². The quantitative estimate of drug-likeness (QED) is 0.778. The summed E-state index contributed by atoms with van der Waals surface area (Å²) in [5, 5.41) is 9.64. The minimum Gasteiger partial charge on any atom is -0.389 e. The molecule has 2 rings (SSSR count). The van der Waals surface area contributed by atoms with Crippen LogP contribution in [0.15, 0.2) is 12.4 Å². The molecular formula is C11H17N3O2. The first-order valence-electron chi connectivity index (χ1n) is 5.61. The van der Waals surface area contributed by atoms with E-state index in [1.165, 1.54) is 0 Å². The molecule has 0 saturated carbocycles. The van der Waals surface area contributed by atoms with Gasteiger partial charge in [0.15, 0.2) is 0 Å². The first-order valence-corrected chi connectivity index (χ1v) is 5.61. The zero-order valence-electron chi connectivity index (χ0n) is 9.46. The summed E-state index contributed by atoms with van der Waals surface area (Å²) < 4.78 is 5.28. The summed E-state index contributed by atoms with van der Waals surface area (Å²) in [4.78, 5) is 10.4. The van der Waals surface area contributed by atoms with Crippen molar-refractivity contribution in [3.8, 4) is 0 Å². The zero-order valence-corrected chi connectivity index (χ0v) is 9.46. The summed E-state index contributed by atoms with van der Waals surface area (Å²) in [5.74, 6) is 0.872. The average Bonchev–Trinajstić information content (AvgIpc) is 2.54. The van der Waals surface area contributed by atoms with E-state index in [-0.39, 0.29) is 0 Å². The molecule has 16 heavy (non-hydrogen) atoms. The van der Waals surface area contributed by atoms with E-state index >= 15 is 0 Å². The van der Waals surface area contributed by atoms with E-state index in [2.05, 4.69) is 16.9 Å². The zero-order chi connectivity index (χ0) is 11.4. The maximum Gasteiger partial charge on any atom is 0.132 e. The lowest BCUT2D eigenvalue weighted by molar-refractivity contribution is 0.0597. The molecule has 1 aliphatic heterocycles. The third-order valence-corrected chi connectivity index (χ3v) is 2.64. The number of aliphatic hydroxyl groups excluding tert-OH is 1. The van der Waals surface area contributed by atoms with Gasteiger partial charge in [-0.05, 0) is 6.42 Å². The van der Waals surface area contributed by atoms with Gasteiger partial charge in [-0.15, -0.1) is 0 Å². The minimum atomic E-state index is -0.442. The second-order valence-electron chi connectivity index (χ2n) is 3.90. The normalized spacial score (nSPS) is 21.9. The Morgan fingerprint density at radius 1 is 1.56 bits per heavy atom. The predicted molar refractivity (Wildman–Crippen MR) is 60.4 cm³/mol. The first kappa shape index (κ1) is 11.3. The van der Waals surface area contributed by atoms with E-state index in [9.17, 15) is 5.11 Å². The van der Waals surface area contributed by atoms with Crippen molar-refractivity contribution in [2.45, 2.75) is 19.4 Å². The predicted octanol–water partition coefficient (Wildman–Crippen LogP) is 0.236. The van der Waals surface area contributed by atoms with Crippen LogP contribution in [0, 0.1) is 0 Å². The summed E-state index contributed by atoms with van der Waals surface area (Å²) in [7, 11) is 0. The second-order valence-corrected chi connectivity index (χ2v) is 3.90. The van der Waals surface area contributed by atoms with Crippen LogP contribution in [0.4, 0.5) is 5.82 Å². The lowest BCUT2D eigenvalue weighted by atomic mass is 10.3. The molecule has 0 amide bonds. The van der Waals surface area contributed by atoms with E-state index in [1.54, 1.807) is 6.33 Å². The van der Waals surface area contributed by atoms with Gasteiger partial charge in [-0.2, -0.15) is 0 Å². The minimum absolute atomic E-state index is 0.405. The Morgan fingerprint density at radius 2 is 2.44 bits per heavy atom. The summed E-state index contributed by atoms with van der Waals surface area (Å²) >= 11 is 0. The second kappa shape index (κ2) is 5.23. The van der Waals surface area contributed by atoms with Crippen molar-refractivity contribution in [1.82, 2.24) is 9.97 Å². The number of hydrogen-bond donors (Lipinski definition) is 1. The highest BCUT2D eigenvalue weighted by Gasteiger charge is 2.17.